The summed E-state index contributed by atoms with van der Waals surface area (Å²) in [5.41, 5.74) is 13.5. The van der Waals surface area contributed by atoms with E-state index in [0.717, 1.165) is 31.1 Å². The van der Waals surface area contributed by atoms with Crippen LogP contribution in [-0.4, -0.2) is 23.9 Å². The molecule has 1 fully saturated rings. The molecule has 2 rings (SSSR count). The second-order valence-corrected chi connectivity index (χ2v) is 5.40. The lowest BCUT2D eigenvalue weighted by Crippen LogP contribution is -2.32. The van der Waals surface area contributed by atoms with E-state index in [1.165, 1.54) is 19.3 Å². The van der Waals surface area contributed by atoms with Crippen molar-refractivity contribution >= 4 is 11.6 Å². The standard InChI is InChI=1S/C15H23N3O/c1-2-18(9-11-4-3-5-11)10-13-7-6-12(15(17)19)8-14(13)16/h6-8,11H,2-5,9-10,16H2,1H3,(H2,17,19). The quantitative estimate of drug-likeness (QED) is 0.769. The Morgan fingerprint density at radius 2 is 2.16 bits per heavy atom. The van der Waals surface area contributed by atoms with Crippen molar-refractivity contribution in [3.8, 4) is 0 Å². The predicted octanol–water partition coefficient (Wildman–Crippen LogP) is 1.99. The summed E-state index contributed by atoms with van der Waals surface area (Å²) in [5.74, 6) is 0.422. The number of hydrogen-bond donors (Lipinski definition) is 2. The maximum Gasteiger partial charge on any atom is 0.248 e. The van der Waals surface area contributed by atoms with E-state index in [1.807, 2.05) is 6.07 Å². The van der Waals surface area contributed by atoms with E-state index >= 15 is 0 Å². The van der Waals surface area contributed by atoms with Crippen LogP contribution in [0.15, 0.2) is 18.2 Å². The first-order valence-electron chi connectivity index (χ1n) is 7.00. The number of carbonyl (C=O) groups excluding carboxylic acids is 1. The van der Waals surface area contributed by atoms with E-state index in [1.54, 1.807) is 12.1 Å². The van der Waals surface area contributed by atoms with Crippen LogP contribution in [0.4, 0.5) is 5.69 Å². The van der Waals surface area contributed by atoms with Crippen molar-refractivity contribution in [2.45, 2.75) is 32.7 Å². The van der Waals surface area contributed by atoms with Crippen molar-refractivity contribution in [2.75, 3.05) is 18.8 Å². The van der Waals surface area contributed by atoms with Gasteiger partial charge in [-0.05, 0) is 43.0 Å². The Labute approximate surface area is 114 Å². The molecular formula is C15H23N3O. The summed E-state index contributed by atoms with van der Waals surface area (Å²) in [5, 5.41) is 0. The molecule has 4 nitrogen and oxygen atoms in total. The number of rotatable bonds is 6. The molecule has 1 aliphatic carbocycles. The second kappa shape index (κ2) is 6.06. The Balaban J connectivity index is 2.01. The van der Waals surface area contributed by atoms with Gasteiger partial charge in [-0.25, -0.2) is 0 Å². The number of anilines is 1. The minimum absolute atomic E-state index is 0.430. The van der Waals surface area contributed by atoms with E-state index in [4.69, 9.17) is 11.5 Å². The molecular weight excluding hydrogens is 238 g/mol. The fourth-order valence-electron chi connectivity index (χ4n) is 2.48. The monoisotopic (exact) mass is 261 g/mol. The average Bonchev–Trinajstić information content (AvgIpc) is 2.33. The van der Waals surface area contributed by atoms with Crippen LogP contribution in [-0.2, 0) is 6.54 Å². The summed E-state index contributed by atoms with van der Waals surface area (Å²) in [4.78, 5) is 13.5. The van der Waals surface area contributed by atoms with E-state index in [0.29, 0.717) is 11.3 Å². The summed E-state index contributed by atoms with van der Waals surface area (Å²) in [6.45, 7) is 5.19. The fraction of sp³-hybridized carbons (Fsp3) is 0.533. The molecule has 0 aliphatic heterocycles. The molecule has 0 atom stereocenters. The number of benzene rings is 1. The molecule has 0 saturated heterocycles. The van der Waals surface area contributed by atoms with Crippen molar-refractivity contribution in [1.82, 2.24) is 4.90 Å². The third-order valence-corrected chi connectivity index (χ3v) is 4.01. The zero-order chi connectivity index (χ0) is 13.8. The Hall–Kier alpha value is -1.55. The Bertz CT molecular complexity index is 455. The van der Waals surface area contributed by atoms with Gasteiger partial charge >= 0.3 is 0 Å². The molecule has 1 saturated carbocycles. The zero-order valence-electron chi connectivity index (χ0n) is 11.6. The molecule has 4 N–H and O–H groups in total. The second-order valence-electron chi connectivity index (χ2n) is 5.40. The van der Waals surface area contributed by atoms with Crippen LogP contribution in [0.25, 0.3) is 0 Å². The minimum Gasteiger partial charge on any atom is -0.398 e. The molecule has 19 heavy (non-hydrogen) atoms. The predicted molar refractivity (Wildman–Crippen MR) is 77.7 cm³/mol. The van der Waals surface area contributed by atoms with Gasteiger partial charge in [0.2, 0.25) is 5.91 Å². The van der Waals surface area contributed by atoms with Crippen molar-refractivity contribution in [1.29, 1.82) is 0 Å². The van der Waals surface area contributed by atoms with Crippen molar-refractivity contribution < 1.29 is 4.79 Å². The largest absolute Gasteiger partial charge is 0.398 e. The highest BCUT2D eigenvalue weighted by molar-refractivity contribution is 5.93. The SMILES string of the molecule is CCN(Cc1ccc(C(N)=O)cc1N)CC1CCC1. The summed E-state index contributed by atoms with van der Waals surface area (Å²) in [6, 6.07) is 5.35. The zero-order valence-corrected chi connectivity index (χ0v) is 11.6. The minimum atomic E-state index is -0.430. The molecule has 0 unspecified atom stereocenters. The van der Waals surface area contributed by atoms with E-state index in [-0.39, 0.29) is 0 Å². The number of amides is 1. The Morgan fingerprint density at radius 1 is 1.42 bits per heavy atom. The van der Waals surface area contributed by atoms with Crippen LogP contribution in [0.5, 0.6) is 0 Å². The third-order valence-electron chi connectivity index (χ3n) is 4.01. The van der Waals surface area contributed by atoms with Gasteiger partial charge in [-0.1, -0.05) is 19.4 Å². The topological polar surface area (TPSA) is 72.3 Å². The van der Waals surface area contributed by atoms with Crippen molar-refractivity contribution in [3.05, 3.63) is 29.3 Å². The number of nitrogen functional groups attached to an aromatic ring is 1. The highest BCUT2D eigenvalue weighted by Gasteiger charge is 2.20. The Kier molecular flexibility index (Phi) is 4.43. The highest BCUT2D eigenvalue weighted by atomic mass is 16.1. The molecule has 0 radical (unpaired) electrons. The van der Waals surface area contributed by atoms with E-state index < -0.39 is 5.91 Å². The summed E-state index contributed by atoms with van der Waals surface area (Å²) < 4.78 is 0. The first-order valence-corrected chi connectivity index (χ1v) is 7.00. The van der Waals surface area contributed by atoms with Gasteiger partial charge in [0, 0.05) is 24.3 Å². The smallest absolute Gasteiger partial charge is 0.248 e. The maximum absolute atomic E-state index is 11.1. The van der Waals surface area contributed by atoms with E-state index in [2.05, 4.69) is 11.8 Å². The number of nitrogens with zero attached hydrogens (tertiary/aromatic N) is 1. The third kappa shape index (κ3) is 3.47. The molecule has 0 aromatic heterocycles. The van der Waals surface area contributed by atoms with Gasteiger partial charge in [0.25, 0.3) is 0 Å². The highest BCUT2D eigenvalue weighted by Crippen LogP contribution is 2.28. The van der Waals surface area contributed by atoms with Crippen LogP contribution in [0, 0.1) is 5.92 Å². The van der Waals surface area contributed by atoms with Gasteiger partial charge in [-0.15, -0.1) is 0 Å². The van der Waals surface area contributed by atoms with Crippen LogP contribution < -0.4 is 11.5 Å². The summed E-state index contributed by atoms with van der Waals surface area (Å²) in [7, 11) is 0. The molecule has 1 aliphatic rings. The van der Waals surface area contributed by atoms with Crippen LogP contribution in [0.2, 0.25) is 0 Å². The average molecular weight is 261 g/mol. The summed E-state index contributed by atoms with van der Waals surface area (Å²) in [6.07, 6.45) is 4.08. The molecule has 1 aromatic carbocycles. The lowest BCUT2D eigenvalue weighted by atomic mass is 9.85. The number of nitrogens with two attached hydrogens (primary N) is 2. The molecule has 0 heterocycles. The number of hydrogen-bond acceptors (Lipinski definition) is 3. The molecule has 104 valence electrons. The molecule has 1 amide bonds. The first kappa shape index (κ1) is 13.9. The number of primary amides is 1. The van der Waals surface area contributed by atoms with Gasteiger partial charge in [0.15, 0.2) is 0 Å². The van der Waals surface area contributed by atoms with Gasteiger partial charge in [-0.2, -0.15) is 0 Å². The van der Waals surface area contributed by atoms with Crippen molar-refractivity contribution in [3.63, 3.8) is 0 Å². The first-order chi connectivity index (χ1) is 9.10. The Morgan fingerprint density at radius 3 is 2.63 bits per heavy atom. The van der Waals surface area contributed by atoms with Crippen molar-refractivity contribution in [2.24, 2.45) is 11.7 Å². The van der Waals surface area contributed by atoms with Gasteiger partial charge < -0.3 is 11.5 Å². The van der Waals surface area contributed by atoms with Gasteiger partial charge in [0.1, 0.15) is 0 Å². The maximum atomic E-state index is 11.1. The van der Waals surface area contributed by atoms with E-state index in [9.17, 15) is 4.79 Å². The van der Waals surface area contributed by atoms with Gasteiger partial charge in [-0.3, -0.25) is 9.69 Å². The van der Waals surface area contributed by atoms with Crippen LogP contribution >= 0.6 is 0 Å². The van der Waals surface area contributed by atoms with Gasteiger partial charge in [0.05, 0.1) is 0 Å². The molecule has 1 aromatic rings. The molecule has 0 spiro atoms. The number of carbonyl (C=O) groups is 1. The van der Waals surface area contributed by atoms with Crippen LogP contribution in [0.1, 0.15) is 42.1 Å². The normalized spacial score (nSPS) is 15.5. The molecule has 4 heteroatoms. The molecule has 0 bridgehead atoms. The van der Waals surface area contributed by atoms with Crippen LogP contribution in [0.3, 0.4) is 0 Å². The fourth-order valence-corrected chi connectivity index (χ4v) is 2.48. The summed E-state index contributed by atoms with van der Waals surface area (Å²) >= 11 is 0. The lowest BCUT2D eigenvalue weighted by molar-refractivity contribution is 0.100. The lowest BCUT2D eigenvalue weighted by Gasteiger charge is -2.32.